The summed E-state index contributed by atoms with van der Waals surface area (Å²) in [7, 11) is 1.96. The fourth-order valence-corrected chi connectivity index (χ4v) is 3.96. The van der Waals surface area contributed by atoms with Gasteiger partial charge in [-0.3, -0.25) is 4.79 Å². The second-order valence-corrected chi connectivity index (χ2v) is 7.05. The van der Waals surface area contributed by atoms with Crippen LogP contribution in [0.25, 0.3) is 10.9 Å². The van der Waals surface area contributed by atoms with E-state index in [4.69, 9.17) is 0 Å². The van der Waals surface area contributed by atoms with Crippen molar-refractivity contribution >= 4 is 16.8 Å². The maximum Gasteiger partial charge on any atom is 0.222 e. The predicted octanol–water partition coefficient (Wildman–Crippen LogP) is 4.12. The zero-order chi connectivity index (χ0) is 17.2. The topological polar surface area (TPSA) is 36.1 Å². The zero-order valence-corrected chi connectivity index (χ0v) is 14.7. The number of amides is 1. The van der Waals surface area contributed by atoms with Crippen LogP contribution in [-0.2, 0) is 24.1 Å². The molecule has 1 aromatic heterocycles. The highest BCUT2D eigenvalue weighted by molar-refractivity contribution is 5.83. The van der Waals surface area contributed by atoms with Crippen LogP contribution < -0.4 is 0 Å². The number of para-hydroxylation sites is 1. The summed E-state index contributed by atoms with van der Waals surface area (Å²) in [5.41, 5.74) is 5.26. The predicted molar refractivity (Wildman–Crippen MR) is 102 cm³/mol. The van der Waals surface area contributed by atoms with Crippen LogP contribution in [0.2, 0.25) is 0 Å². The van der Waals surface area contributed by atoms with E-state index in [2.05, 4.69) is 53.6 Å². The van der Waals surface area contributed by atoms with E-state index in [9.17, 15) is 4.79 Å². The minimum atomic E-state index is 0.262. The molecule has 0 saturated carbocycles. The molecular formula is C22H24N2O. The summed E-state index contributed by atoms with van der Waals surface area (Å²) in [5.74, 6) is 0.262. The number of carbonyl (C=O) groups excluding carboxylic acids is 1. The van der Waals surface area contributed by atoms with Gasteiger partial charge in [-0.15, -0.1) is 0 Å². The second kappa shape index (κ2) is 6.75. The first-order valence-electron chi connectivity index (χ1n) is 9.10. The minimum absolute atomic E-state index is 0.262. The van der Waals surface area contributed by atoms with E-state index in [0.717, 1.165) is 25.7 Å². The molecule has 25 heavy (non-hydrogen) atoms. The number of aryl methyl sites for hydroxylation is 1. The number of hydrogen-bond donors (Lipinski definition) is 1. The number of H-pyrrole nitrogens is 1. The smallest absolute Gasteiger partial charge is 0.222 e. The molecular weight excluding hydrogens is 308 g/mol. The van der Waals surface area contributed by atoms with Gasteiger partial charge in [0.1, 0.15) is 0 Å². The SMILES string of the molecule is CN(C(=O)CCCc1c[nH]c2ccccc12)C1Cc2ccccc2C1. The number of rotatable bonds is 5. The van der Waals surface area contributed by atoms with Crippen molar-refractivity contribution in [2.24, 2.45) is 0 Å². The van der Waals surface area contributed by atoms with E-state index in [0.29, 0.717) is 12.5 Å². The molecule has 3 heteroatoms. The first kappa shape index (κ1) is 15.9. The maximum atomic E-state index is 12.6. The third-order valence-electron chi connectivity index (χ3n) is 5.48. The number of nitrogens with zero attached hydrogens (tertiary/aromatic N) is 1. The molecule has 0 bridgehead atoms. The van der Waals surface area contributed by atoms with Gasteiger partial charge in [0.05, 0.1) is 0 Å². The summed E-state index contributed by atoms with van der Waals surface area (Å²) in [4.78, 5) is 17.9. The van der Waals surface area contributed by atoms with Crippen molar-refractivity contribution in [3.63, 3.8) is 0 Å². The molecule has 2 aromatic carbocycles. The molecule has 3 nitrogen and oxygen atoms in total. The van der Waals surface area contributed by atoms with Crippen molar-refractivity contribution in [2.75, 3.05) is 7.05 Å². The second-order valence-electron chi connectivity index (χ2n) is 7.05. The fraction of sp³-hybridized carbons (Fsp3) is 0.318. The van der Waals surface area contributed by atoms with Crippen LogP contribution in [0, 0.1) is 0 Å². The average molecular weight is 332 g/mol. The van der Waals surface area contributed by atoms with Crippen LogP contribution in [0.5, 0.6) is 0 Å². The van der Waals surface area contributed by atoms with Crippen molar-refractivity contribution in [1.29, 1.82) is 0 Å². The van der Waals surface area contributed by atoms with Crippen LogP contribution in [-0.4, -0.2) is 28.9 Å². The molecule has 128 valence electrons. The molecule has 0 radical (unpaired) electrons. The highest BCUT2D eigenvalue weighted by Gasteiger charge is 2.26. The van der Waals surface area contributed by atoms with Gasteiger partial charge in [0.2, 0.25) is 5.91 Å². The van der Waals surface area contributed by atoms with Crippen LogP contribution in [0.15, 0.2) is 54.7 Å². The maximum absolute atomic E-state index is 12.6. The molecule has 1 N–H and O–H groups in total. The lowest BCUT2D eigenvalue weighted by molar-refractivity contribution is -0.131. The van der Waals surface area contributed by atoms with Crippen molar-refractivity contribution in [1.82, 2.24) is 9.88 Å². The number of hydrogen-bond acceptors (Lipinski definition) is 1. The monoisotopic (exact) mass is 332 g/mol. The van der Waals surface area contributed by atoms with Gasteiger partial charge in [-0.2, -0.15) is 0 Å². The van der Waals surface area contributed by atoms with Gasteiger partial charge in [0.25, 0.3) is 0 Å². The number of carbonyl (C=O) groups is 1. The minimum Gasteiger partial charge on any atom is -0.361 e. The Hall–Kier alpha value is -2.55. The molecule has 0 fully saturated rings. The van der Waals surface area contributed by atoms with E-state index in [1.54, 1.807) is 0 Å². The van der Waals surface area contributed by atoms with Crippen LogP contribution in [0.3, 0.4) is 0 Å². The molecule has 4 rings (SSSR count). The molecule has 0 saturated heterocycles. The van der Waals surface area contributed by atoms with E-state index in [1.807, 2.05) is 18.0 Å². The zero-order valence-electron chi connectivity index (χ0n) is 14.7. The van der Waals surface area contributed by atoms with Gasteiger partial charge in [-0.05, 0) is 48.4 Å². The molecule has 1 amide bonds. The van der Waals surface area contributed by atoms with E-state index in [-0.39, 0.29) is 5.91 Å². The summed E-state index contributed by atoms with van der Waals surface area (Å²) in [5, 5.41) is 1.27. The summed E-state index contributed by atoms with van der Waals surface area (Å²) in [6.07, 6.45) is 6.50. The van der Waals surface area contributed by atoms with E-state index in [1.165, 1.54) is 27.6 Å². The van der Waals surface area contributed by atoms with Crippen molar-refractivity contribution < 1.29 is 4.79 Å². The number of nitrogens with one attached hydrogen (secondary N) is 1. The molecule has 1 aliphatic rings. The molecule has 1 aliphatic carbocycles. The summed E-state index contributed by atoms with van der Waals surface area (Å²) >= 11 is 0. The highest BCUT2D eigenvalue weighted by atomic mass is 16.2. The Balaban J connectivity index is 1.32. The van der Waals surface area contributed by atoms with Gasteiger partial charge in [-0.25, -0.2) is 0 Å². The van der Waals surface area contributed by atoms with Gasteiger partial charge in [0.15, 0.2) is 0 Å². The van der Waals surface area contributed by atoms with E-state index >= 15 is 0 Å². The Kier molecular flexibility index (Phi) is 4.31. The summed E-state index contributed by atoms with van der Waals surface area (Å²) < 4.78 is 0. The first-order chi connectivity index (χ1) is 12.2. The molecule has 0 unspecified atom stereocenters. The van der Waals surface area contributed by atoms with Gasteiger partial charge < -0.3 is 9.88 Å². The Labute approximate surface area is 148 Å². The normalized spacial score (nSPS) is 14.0. The van der Waals surface area contributed by atoms with Gasteiger partial charge in [0, 0.05) is 36.6 Å². The van der Waals surface area contributed by atoms with Crippen molar-refractivity contribution in [3.05, 3.63) is 71.4 Å². The quantitative estimate of drug-likeness (QED) is 0.750. The Morgan fingerprint density at radius 1 is 1.08 bits per heavy atom. The summed E-state index contributed by atoms with van der Waals surface area (Å²) in [6, 6.07) is 17.2. The van der Waals surface area contributed by atoms with Gasteiger partial charge in [-0.1, -0.05) is 42.5 Å². The largest absolute Gasteiger partial charge is 0.361 e. The molecule has 0 atom stereocenters. The van der Waals surface area contributed by atoms with Gasteiger partial charge >= 0.3 is 0 Å². The van der Waals surface area contributed by atoms with Crippen LogP contribution in [0.1, 0.15) is 29.5 Å². The van der Waals surface area contributed by atoms with Crippen molar-refractivity contribution in [3.8, 4) is 0 Å². The molecule has 1 heterocycles. The third kappa shape index (κ3) is 3.19. The number of aromatic amines is 1. The number of benzene rings is 2. The molecule has 3 aromatic rings. The average Bonchev–Trinajstić information content (AvgIpc) is 3.25. The highest BCUT2D eigenvalue weighted by Crippen LogP contribution is 2.25. The summed E-state index contributed by atoms with van der Waals surface area (Å²) in [6.45, 7) is 0. The van der Waals surface area contributed by atoms with Crippen molar-refractivity contribution in [2.45, 2.75) is 38.1 Å². The first-order valence-corrected chi connectivity index (χ1v) is 9.10. The fourth-order valence-electron chi connectivity index (χ4n) is 3.96. The Morgan fingerprint density at radius 3 is 2.52 bits per heavy atom. The number of likely N-dealkylation sites (N-methyl/N-ethyl adjacent to an activating group) is 1. The lowest BCUT2D eigenvalue weighted by Gasteiger charge is -2.24. The standard InChI is InChI=1S/C22H24N2O/c1-24(19-13-16-7-2-3-8-17(16)14-19)22(25)12-6-9-18-15-23-21-11-5-4-10-20(18)21/h2-5,7-8,10-11,15,19,23H,6,9,12-14H2,1H3. The lowest BCUT2D eigenvalue weighted by Crippen LogP contribution is -2.37. The number of fused-ring (bicyclic) bond motifs is 2. The third-order valence-corrected chi connectivity index (χ3v) is 5.48. The number of aromatic nitrogens is 1. The van der Waals surface area contributed by atoms with Crippen LogP contribution in [0.4, 0.5) is 0 Å². The van der Waals surface area contributed by atoms with E-state index < -0.39 is 0 Å². The Morgan fingerprint density at radius 2 is 1.76 bits per heavy atom. The molecule has 0 spiro atoms. The lowest BCUT2D eigenvalue weighted by atomic mass is 10.1. The molecule has 0 aliphatic heterocycles. The Bertz CT molecular complexity index is 871. The van der Waals surface area contributed by atoms with Crippen LogP contribution >= 0.6 is 0 Å².